The highest BCUT2D eigenvalue weighted by Crippen LogP contribution is 2.31. The van der Waals surface area contributed by atoms with Crippen molar-refractivity contribution >= 4 is 20.9 Å². The molecule has 2 aromatic carbocycles. The molecule has 5 heteroatoms. The molecule has 0 fully saturated rings. The molecule has 1 aromatic heterocycles. The van der Waals surface area contributed by atoms with Gasteiger partial charge in [0.05, 0.1) is 10.4 Å². The number of hydrogen-bond acceptors (Lipinski definition) is 3. The number of rotatable bonds is 3. The molecule has 4 rings (SSSR count). The fraction of sp³-hybridized carbons (Fsp3) is 0.263. The van der Waals surface area contributed by atoms with Gasteiger partial charge in [-0.25, -0.2) is 12.4 Å². The van der Waals surface area contributed by atoms with E-state index in [0.717, 1.165) is 30.2 Å². The molecule has 1 unspecified atom stereocenters. The minimum atomic E-state index is -3.57. The average Bonchev–Trinajstić information content (AvgIpc) is 3.07. The lowest BCUT2D eigenvalue weighted by Crippen LogP contribution is -2.31. The molecule has 4 nitrogen and oxygen atoms in total. The number of hydrogen-bond donors (Lipinski definition) is 1. The van der Waals surface area contributed by atoms with Gasteiger partial charge in [0.2, 0.25) is 0 Å². The van der Waals surface area contributed by atoms with E-state index in [1.54, 1.807) is 30.5 Å². The first kappa shape index (κ1) is 15.4. The molecule has 124 valence electrons. The summed E-state index contributed by atoms with van der Waals surface area (Å²) in [5, 5.41) is 4.40. The first-order valence-corrected chi connectivity index (χ1v) is 9.65. The highest BCUT2D eigenvalue weighted by Gasteiger charge is 2.23. The summed E-state index contributed by atoms with van der Waals surface area (Å²) in [5.74, 6) is 0. The molecule has 1 N–H and O–H groups in total. The maximum Gasteiger partial charge on any atom is 0.268 e. The van der Waals surface area contributed by atoms with Crippen molar-refractivity contribution in [1.29, 1.82) is 0 Å². The molecule has 24 heavy (non-hydrogen) atoms. The monoisotopic (exact) mass is 340 g/mol. The van der Waals surface area contributed by atoms with Crippen molar-refractivity contribution in [3.63, 3.8) is 0 Å². The SMILES string of the molecule is CNC1CCc2ccc3c(ccn3S(=O)(=O)c3ccccc3)c2C1. The normalized spacial score (nSPS) is 17.8. The predicted molar refractivity (Wildman–Crippen MR) is 95.8 cm³/mol. The second-order valence-electron chi connectivity index (χ2n) is 6.29. The third kappa shape index (κ3) is 2.36. The van der Waals surface area contributed by atoms with E-state index in [1.807, 2.05) is 25.2 Å². The van der Waals surface area contributed by atoms with Gasteiger partial charge in [-0.15, -0.1) is 0 Å². The van der Waals surface area contributed by atoms with Crippen molar-refractivity contribution in [3.05, 3.63) is 65.9 Å². The lowest BCUT2D eigenvalue weighted by molar-refractivity contribution is 0.498. The Labute approximate surface area is 142 Å². The Morgan fingerprint density at radius 2 is 1.88 bits per heavy atom. The Hall–Kier alpha value is -2.11. The fourth-order valence-corrected chi connectivity index (χ4v) is 4.98. The second kappa shape index (κ2) is 5.76. The first-order chi connectivity index (χ1) is 11.6. The van der Waals surface area contributed by atoms with E-state index >= 15 is 0 Å². The summed E-state index contributed by atoms with van der Waals surface area (Å²) in [5.41, 5.74) is 3.37. The van der Waals surface area contributed by atoms with Crippen LogP contribution in [0.5, 0.6) is 0 Å². The topological polar surface area (TPSA) is 51.1 Å². The number of likely N-dealkylation sites (N-methyl/N-ethyl adjacent to an activating group) is 1. The van der Waals surface area contributed by atoms with Gasteiger partial charge in [0, 0.05) is 17.6 Å². The largest absolute Gasteiger partial charge is 0.317 e. The molecule has 0 saturated heterocycles. The van der Waals surface area contributed by atoms with Crippen molar-refractivity contribution in [2.24, 2.45) is 0 Å². The third-order valence-electron chi connectivity index (χ3n) is 4.97. The molecule has 0 spiro atoms. The first-order valence-electron chi connectivity index (χ1n) is 8.21. The van der Waals surface area contributed by atoms with E-state index in [4.69, 9.17) is 0 Å². The Balaban J connectivity index is 1.88. The molecule has 0 saturated carbocycles. The fourth-order valence-electron chi connectivity index (χ4n) is 3.61. The second-order valence-corrected chi connectivity index (χ2v) is 8.11. The van der Waals surface area contributed by atoms with Gasteiger partial charge >= 0.3 is 0 Å². The Kier molecular flexibility index (Phi) is 3.70. The summed E-state index contributed by atoms with van der Waals surface area (Å²) in [7, 11) is -1.58. The van der Waals surface area contributed by atoms with Gasteiger partial charge in [-0.2, -0.15) is 0 Å². The molecule has 0 bridgehead atoms. The van der Waals surface area contributed by atoms with Crippen LogP contribution >= 0.6 is 0 Å². The Bertz CT molecular complexity index is 991. The van der Waals surface area contributed by atoms with E-state index in [9.17, 15) is 8.42 Å². The van der Waals surface area contributed by atoms with Crippen LogP contribution in [0.4, 0.5) is 0 Å². The molecule has 1 aliphatic carbocycles. The van der Waals surface area contributed by atoms with Crippen molar-refractivity contribution in [1.82, 2.24) is 9.29 Å². The van der Waals surface area contributed by atoms with Gasteiger partial charge in [-0.1, -0.05) is 24.3 Å². The number of benzene rings is 2. The van der Waals surface area contributed by atoms with Crippen molar-refractivity contribution < 1.29 is 8.42 Å². The quantitative estimate of drug-likeness (QED) is 0.797. The van der Waals surface area contributed by atoms with Crippen LogP contribution < -0.4 is 5.32 Å². The summed E-state index contributed by atoms with van der Waals surface area (Å²) < 4.78 is 27.3. The van der Waals surface area contributed by atoms with Crippen LogP contribution in [-0.4, -0.2) is 25.5 Å². The molecule has 0 aliphatic heterocycles. The Morgan fingerprint density at radius 3 is 2.62 bits per heavy atom. The van der Waals surface area contributed by atoms with Gasteiger partial charge in [-0.05, 0) is 61.7 Å². The molecule has 1 heterocycles. The zero-order valence-corrected chi connectivity index (χ0v) is 14.4. The summed E-state index contributed by atoms with van der Waals surface area (Å²) in [6.07, 6.45) is 4.78. The van der Waals surface area contributed by atoms with Crippen molar-refractivity contribution in [3.8, 4) is 0 Å². The summed E-state index contributed by atoms with van der Waals surface area (Å²) >= 11 is 0. The number of aryl methyl sites for hydroxylation is 1. The van der Waals surface area contributed by atoms with Crippen LogP contribution in [0.1, 0.15) is 17.5 Å². The molecule has 0 amide bonds. The molecule has 1 atom stereocenters. The minimum absolute atomic E-state index is 0.313. The van der Waals surface area contributed by atoms with E-state index in [0.29, 0.717) is 10.9 Å². The van der Waals surface area contributed by atoms with Gasteiger partial charge < -0.3 is 5.32 Å². The maximum atomic E-state index is 12.9. The third-order valence-corrected chi connectivity index (χ3v) is 6.67. The lowest BCUT2D eigenvalue weighted by Gasteiger charge is -2.25. The molecular weight excluding hydrogens is 320 g/mol. The van der Waals surface area contributed by atoms with E-state index in [1.165, 1.54) is 15.1 Å². The molecular formula is C19H20N2O2S. The van der Waals surface area contributed by atoms with Crippen LogP contribution in [-0.2, 0) is 22.9 Å². The zero-order chi connectivity index (χ0) is 16.7. The highest BCUT2D eigenvalue weighted by atomic mass is 32.2. The summed E-state index contributed by atoms with van der Waals surface area (Å²) in [4.78, 5) is 0.313. The summed E-state index contributed by atoms with van der Waals surface area (Å²) in [6.45, 7) is 0. The van der Waals surface area contributed by atoms with Crippen LogP contribution in [0.25, 0.3) is 10.9 Å². The van der Waals surface area contributed by atoms with Gasteiger partial charge in [0.15, 0.2) is 0 Å². The smallest absolute Gasteiger partial charge is 0.268 e. The Morgan fingerprint density at radius 1 is 1.08 bits per heavy atom. The maximum absolute atomic E-state index is 12.9. The number of nitrogens with one attached hydrogen (secondary N) is 1. The zero-order valence-electron chi connectivity index (χ0n) is 13.6. The number of aromatic nitrogens is 1. The van der Waals surface area contributed by atoms with Crippen LogP contribution in [0.2, 0.25) is 0 Å². The van der Waals surface area contributed by atoms with Gasteiger partial charge in [-0.3, -0.25) is 0 Å². The van der Waals surface area contributed by atoms with E-state index in [-0.39, 0.29) is 0 Å². The van der Waals surface area contributed by atoms with Crippen LogP contribution in [0.3, 0.4) is 0 Å². The predicted octanol–water partition coefficient (Wildman–Crippen LogP) is 2.96. The summed E-state index contributed by atoms with van der Waals surface area (Å²) in [6, 6.07) is 15.0. The minimum Gasteiger partial charge on any atom is -0.317 e. The standard InChI is InChI=1S/C19H20N2O2S/c1-20-15-9-7-14-8-10-19-17(18(14)13-15)11-12-21(19)24(22,23)16-5-3-2-4-6-16/h2-6,8,10-12,15,20H,7,9,13H2,1H3. The van der Waals surface area contributed by atoms with Crippen molar-refractivity contribution in [2.45, 2.75) is 30.2 Å². The van der Waals surface area contributed by atoms with Crippen LogP contribution in [0.15, 0.2) is 59.6 Å². The van der Waals surface area contributed by atoms with E-state index in [2.05, 4.69) is 11.4 Å². The van der Waals surface area contributed by atoms with Crippen molar-refractivity contribution in [2.75, 3.05) is 7.05 Å². The average molecular weight is 340 g/mol. The molecule has 3 aromatic rings. The van der Waals surface area contributed by atoms with E-state index < -0.39 is 10.0 Å². The van der Waals surface area contributed by atoms with Gasteiger partial charge in [0.25, 0.3) is 10.0 Å². The van der Waals surface area contributed by atoms with Gasteiger partial charge in [0.1, 0.15) is 0 Å². The highest BCUT2D eigenvalue weighted by molar-refractivity contribution is 7.90. The number of fused-ring (bicyclic) bond motifs is 3. The van der Waals surface area contributed by atoms with Crippen LogP contribution in [0, 0.1) is 0 Å². The molecule has 1 aliphatic rings. The molecule has 0 radical (unpaired) electrons. The lowest BCUT2D eigenvalue weighted by atomic mass is 9.86. The number of nitrogens with zero attached hydrogens (tertiary/aromatic N) is 1.